The molecule has 2 aromatic carbocycles. The van der Waals surface area contributed by atoms with Crippen LogP contribution >= 0.6 is 0 Å². The molecule has 1 aliphatic rings. The van der Waals surface area contributed by atoms with Crippen LogP contribution in [0.3, 0.4) is 0 Å². The summed E-state index contributed by atoms with van der Waals surface area (Å²) in [6.07, 6.45) is 4.53. The number of amides is 2. The van der Waals surface area contributed by atoms with Gasteiger partial charge in [0.1, 0.15) is 5.82 Å². The molecule has 2 heterocycles. The molecule has 1 aliphatic heterocycles. The summed E-state index contributed by atoms with van der Waals surface area (Å²) in [4.78, 5) is 30.3. The van der Waals surface area contributed by atoms with E-state index in [4.69, 9.17) is 4.42 Å². The SMILES string of the molecule is O=C(CCc1ncc(-c2ccccc2F)o1)NCc1cccc(N2CCCCC2=O)c1. The van der Waals surface area contributed by atoms with Crippen LogP contribution in [0.25, 0.3) is 11.3 Å². The average molecular weight is 421 g/mol. The zero-order valence-electron chi connectivity index (χ0n) is 17.1. The minimum atomic E-state index is -0.378. The molecule has 0 spiro atoms. The normalized spacial score (nSPS) is 14.0. The Bertz CT molecular complexity index is 1080. The Morgan fingerprint density at radius 3 is 2.87 bits per heavy atom. The molecule has 7 heteroatoms. The first-order valence-corrected chi connectivity index (χ1v) is 10.5. The topological polar surface area (TPSA) is 75.4 Å². The molecule has 0 saturated carbocycles. The Balaban J connectivity index is 1.29. The highest BCUT2D eigenvalue weighted by Gasteiger charge is 2.19. The van der Waals surface area contributed by atoms with Crippen molar-refractivity contribution in [3.05, 3.63) is 72.0 Å². The molecule has 160 valence electrons. The lowest BCUT2D eigenvalue weighted by Crippen LogP contribution is -2.35. The standard InChI is InChI=1S/C24H24FN3O3/c25-20-9-2-1-8-19(20)21-16-27-23(31-21)12-11-22(29)26-15-17-6-5-7-18(14-17)28-13-4-3-10-24(28)30/h1-2,5-9,14,16H,3-4,10-13,15H2,(H,26,29). The summed E-state index contributed by atoms with van der Waals surface area (Å²) in [5.41, 5.74) is 2.15. The summed E-state index contributed by atoms with van der Waals surface area (Å²) < 4.78 is 19.4. The van der Waals surface area contributed by atoms with Crippen molar-refractivity contribution in [2.45, 2.75) is 38.6 Å². The van der Waals surface area contributed by atoms with Gasteiger partial charge in [-0.25, -0.2) is 9.37 Å². The number of aryl methyl sites for hydroxylation is 1. The monoisotopic (exact) mass is 421 g/mol. The zero-order valence-corrected chi connectivity index (χ0v) is 17.1. The van der Waals surface area contributed by atoms with Gasteiger partial charge in [-0.2, -0.15) is 0 Å². The van der Waals surface area contributed by atoms with E-state index in [0.29, 0.717) is 36.6 Å². The lowest BCUT2D eigenvalue weighted by atomic mass is 10.1. The summed E-state index contributed by atoms with van der Waals surface area (Å²) in [5, 5.41) is 2.89. The predicted octanol–water partition coefficient (Wildman–Crippen LogP) is 4.25. The van der Waals surface area contributed by atoms with E-state index in [-0.39, 0.29) is 24.1 Å². The maximum Gasteiger partial charge on any atom is 0.226 e. The van der Waals surface area contributed by atoms with Crippen LogP contribution in [0.4, 0.5) is 10.1 Å². The summed E-state index contributed by atoms with van der Waals surface area (Å²) in [6.45, 7) is 1.11. The highest BCUT2D eigenvalue weighted by atomic mass is 19.1. The molecule has 2 amide bonds. The Morgan fingerprint density at radius 1 is 1.16 bits per heavy atom. The average Bonchev–Trinajstić information content (AvgIpc) is 3.26. The number of benzene rings is 2. The molecule has 31 heavy (non-hydrogen) atoms. The minimum absolute atomic E-state index is 0.134. The number of carbonyl (C=O) groups is 2. The number of hydrogen-bond acceptors (Lipinski definition) is 4. The fourth-order valence-corrected chi connectivity index (χ4v) is 3.63. The summed E-state index contributed by atoms with van der Waals surface area (Å²) in [5.74, 6) is 0.367. The van der Waals surface area contributed by atoms with Gasteiger partial charge in [0.05, 0.1) is 11.8 Å². The van der Waals surface area contributed by atoms with Crippen molar-refractivity contribution in [3.8, 4) is 11.3 Å². The first-order valence-electron chi connectivity index (χ1n) is 10.5. The van der Waals surface area contributed by atoms with E-state index in [1.54, 1.807) is 18.2 Å². The van der Waals surface area contributed by atoms with Crippen LogP contribution in [-0.4, -0.2) is 23.3 Å². The van der Waals surface area contributed by atoms with Crippen LogP contribution in [0.15, 0.2) is 59.1 Å². The van der Waals surface area contributed by atoms with E-state index in [1.165, 1.54) is 12.3 Å². The van der Waals surface area contributed by atoms with Gasteiger partial charge in [0, 0.05) is 38.0 Å². The van der Waals surface area contributed by atoms with Gasteiger partial charge in [-0.3, -0.25) is 9.59 Å². The van der Waals surface area contributed by atoms with E-state index in [0.717, 1.165) is 30.6 Å². The molecule has 3 aromatic rings. The third-order valence-corrected chi connectivity index (χ3v) is 5.29. The molecule has 0 bridgehead atoms. The maximum absolute atomic E-state index is 13.9. The van der Waals surface area contributed by atoms with Crippen molar-refractivity contribution in [1.29, 1.82) is 0 Å². The van der Waals surface area contributed by atoms with Gasteiger partial charge in [-0.15, -0.1) is 0 Å². The summed E-state index contributed by atoms with van der Waals surface area (Å²) >= 11 is 0. The molecule has 4 rings (SSSR count). The van der Waals surface area contributed by atoms with Crippen molar-refractivity contribution in [2.24, 2.45) is 0 Å². The maximum atomic E-state index is 13.9. The van der Waals surface area contributed by atoms with Crippen molar-refractivity contribution in [3.63, 3.8) is 0 Å². The van der Waals surface area contributed by atoms with Gasteiger partial charge in [0.15, 0.2) is 11.7 Å². The van der Waals surface area contributed by atoms with Crippen LogP contribution in [-0.2, 0) is 22.6 Å². The molecule has 6 nitrogen and oxygen atoms in total. The number of aromatic nitrogens is 1. The van der Waals surface area contributed by atoms with Crippen molar-refractivity contribution < 1.29 is 18.4 Å². The Labute approximate surface area is 180 Å². The molecular formula is C24H24FN3O3. The van der Waals surface area contributed by atoms with Crippen LogP contribution in [0.5, 0.6) is 0 Å². The fourth-order valence-electron chi connectivity index (χ4n) is 3.63. The van der Waals surface area contributed by atoms with E-state index in [1.807, 2.05) is 29.2 Å². The van der Waals surface area contributed by atoms with E-state index < -0.39 is 0 Å². The zero-order chi connectivity index (χ0) is 21.6. The lowest BCUT2D eigenvalue weighted by molar-refractivity contribution is -0.121. The Hall–Kier alpha value is -3.48. The van der Waals surface area contributed by atoms with E-state index in [2.05, 4.69) is 10.3 Å². The highest BCUT2D eigenvalue weighted by Crippen LogP contribution is 2.24. The number of anilines is 1. The van der Waals surface area contributed by atoms with Crippen molar-refractivity contribution in [1.82, 2.24) is 10.3 Å². The third-order valence-electron chi connectivity index (χ3n) is 5.29. The van der Waals surface area contributed by atoms with E-state index in [9.17, 15) is 14.0 Å². The predicted molar refractivity (Wildman–Crippen MR) is 115 cm³/mol. The summed E-state index contributed by atoms with van der Waals surface area (Å²) in [6, 6.07) is 14.0. The second-order valence-electron chi connectivity index (χ2n) is 7.55. The van der Waals surface area contributed by atoms with Crippen molar-refractivity contribution >= 4 is 17.5 Å². The minimum Gasteiger partial charge on any atom is -0.441 e. The molecule has 0 aliphatic carbocycles. The largest absolute Gasteiger partial charge is 0.441 e. The number of hydrogen-bond donors (Lipinski definition) is 1. The lowest BCUT2D eigenvalue weighted by Gasteiger charge is -2.27. The first kappa shape index (κ1) is 20.8. The van der Waals surface area contributed by atoms with Crippen LogP contribution in [0.2, 0.25) is 0 Å². The van der Waals surface area contributed by atoms with Gasteiger partial charge in [0.25, 0.3) is 0 Å². The molecule has 1 fully saturated rings. The quantitative estimate of drug-likeness (QED) is 0.619. The second kappa shape index (κ2) is 9.55. The molecule has 0 radical (unpaired) electrons. The summed E-state index contributed by atoms with van der Waals surface area (Å²) in [7, 11) is 0. The van der Waals surface area contributed by atoms with Crippen LogP contribution in [0, 0.1) is 5.82 Å². The molecule has 1 aromatic heterocycles. The van der Waals surface area contributed by atoms with E-state index >= 15 is 0 Å². The molecule has 1 N–H and O–H groups in total. The second-order valence-corrected chi connectivity index (χ2v) is 7.55. The van der Waals surface area contributed by atoms with Gasteiger partial charge in [0.2, 0.25) is 11.8 Å². The number of nitrogens with one attached hydrogen (secondary N) is 1. The third kappa shape index (κ3) is 5.17. The number of halogens is 1. The van der Waals surface area contributed by atoms with Gasteiger partial charge < -0.3 is 14.6 Å². The number of rotatable bonds is 7. The van der Waals surface area contributed by atoms with Crippen LogP contribution < -0.4 is 10.2 Å². The molecule has 0 atom stereocenters. The van der Waals surface area contributed by atoms with Gasteiger partial charge in [-0.05, 0) is 42.7 Å². The van der Waals surface area contributed by atoms with Gasteiger partial charge in [-0.1, -0.05) is 24.3 Å². The number of oxazole rings is 1. The first-order chi connectivity index (χ1) is 15.1. The number of carbonyl (C=O) groups excluding carboxylic acids is 2. The number of piperidine rings is 1. The molecular weight excluding hydrogens is 397 g/mol. The Morgan fingerprint density at radius 2 is 2.03 bits per heavy atom. The highest BCUT2D eigenvalue weighted by molar-refractivity contribution is 5.94. The van der Waals surface area contributed by atoms with Crippen LogP contribution in [0.1, 0.15) is 37.1 Å². The number of nitrogens with zero attached hydrogens (tertiary/aromatic N) is 2. The van der Waals surface area contributed by atoms with Crippen molar-refractivity contribution in [2.75, 3.05) is 11.4 Å². The molecule has 0 unspecified atom stereocenters. The Kier molecular flexibility index (Phi) is 6.40. The molecule has 1 saturated heterocycles. The fraction of sp³-hybridized carbons (Fsp3) is 0.292. The smallest absolute Gasteiger partial charge is 0.226 e. The van der Waals surface area contributed by atoms with Gasteiger partial charge >= 0.3 is 0 Å².